The zero-order valence-electron chi connectivity index (χ0n) is 21.0. The first-order valence-electron chi connectivity index (χ1n) is 11.2. The molecule has 10 heteroatoms. The fourth-order valence-corrected chi connectivity index (χ4v) is 4.64. The molecular weight excluding hydrogens is 534 g/mol. The van der Waals surface area contributed by atoms with Crippen molar-refractivity contribution in [2.24, 2.45) is 0 Å². The van der Waals surface area contributed by atoms with Crippen molar-refractivity contribution in [3.8, 4) is 5.75 Å². The van der Waals surface area contributed by atoms with Crippen LogP contribution in [0.5, 0.6) is 5.75 Å². The predicted octanol–water partition coefficient (Wildman–Crippen LogP) is 3.95. The number of methoxy groups -OCH3 is 1. The summed E-state index contributed by atoms with van der Waals surface area (Å²) in [6.45, 7) is 7.13. The number of carbonyl (C=O) groups excluding carboxylic acids is 2. The summed E-state index contributed by atoms with van der Waals surface area (Å²) in [6, 6.07) is 13.1. The van der Waals surface area contributed by atoms with E-state index in [1.807, 2.05) is 39.8 Å². The van der Waals surface area contributed by atoms with Crippen molar-refractivity contribution in [1.29, 1.82) is 0 Å². The highest BCUT2D eigenvalue weighted by molar-refractivity contribution is 9.10. The molecule has 2 amide bonds. The Morgan fingerprint density at radius 2 is 1.63 bits per heavy atom. The highest BCUT2D eigenvalue weighted by Crippen LogP contribution is 2.22. The minimum absolute atomic E-state index is 0.136. The van der Waals surface area contributed by atoms with E-state index in [4.69, 9.17) is 4.74 Å². The van der Waals surface area contributed by atoms with Crippen molar-refractivity contribution in [3.63, 3.8) is 0 Å². The molecule has 0 fully saturated rings. The molecule has 2 rings (SSSR count). The summed E-state index contributed by atoms with van der Waals surface area (Å²) in [6.07, 6.45) is 1.42. The summed E-state index contributed by atoms with van der Waals surface area (Å²) in [7, 11) is -2.20. The maximum Gasteiger partial charge on any atom is 0.244 e. The minimum Gasteiger partial charge on any atom is -0.497 e. The predicted molar refractivity (Wildman–Crippen MR) is 142 cm³/mol. The Balaban J connectivity index is 2.44. The Morgan fingerprint density at radius 1 is 1.06 bits per heavy atom. The van der Waals surface area contributed by atoms with E-state index in [9.17, 15) is 18.0 Å². The summed E-state index contributed by atoms with van der Waals surface area (Å²) >= 11 is 3.34. The molecule has 0 heterocycles. The largest absolute Gasteiger partial charge is 0.497 e. The first-order chi connectivity index (χ1) is 16.2. The van der Waals surface area contributed by atoms with Gasteiger partial charge in [-0.15, -0.1) is 0 Å². The van der Waals surface area contributed by atoms with Crippen LogP contribution in [-0.4, -0.2) is 56.6 Å². The number of nitrogens with one attached hydrogen (secondary N) is 1. The molecule has 0 spiro atoms. The Hall–Kier alpha value is -2.59. The lowest BCUT2D eigenvalue weighted by Crippen LogP contribution is -2.55. The van der Waals surface area contributed by atoms with Gasteiger partial charge in [-0.2, -0.15) is 0 Å². The van der Waals surface area contributed by atoms with Gasteiger partial charge in [0.2, 0.25) is 21.8 Å². The molecule has 35 heavy (non-hydrogen) atoms. The van der Waals surface area contributed by atoms with E-state index in [1.165, 1.54) is 4.90 Å². The number of sulfonamides is 1. The molecular formula is C25H34BrN3O5S. The van der Waals surface area contributed by atoms with Crippen LogP contribution in [0.15, 0.2) is 53.0 Å². The first kappa shape index (κ1) is 28.6. The molecule has 0 saturated carbocycles. The van der Waals surface area contributed by atoms with Crippen LogP contribution < -0.4 is 14.4 Å². The molecule has 0 aliphatic carbocycles. The minimum atomic E-state index is -3.77. The molecule has 1 N–H and O–H groups in total. The van der Waals surface area contributed by atoms with Crippen molar-refractivity contribution in [3.05, 3.63) is 58.6 Å². The molecule has 1 unspecified atom stereocenters. The number of rotatable bonds is 10. The van der Waals surface area contributed by atoms with Crippen molar-refractivity contribution in [2.45, 2.75) is 52.2 Å². The molecule has 192 valence electrons. The van der Waals surface area contributed by atoms with Crippen molar-refractivity contribution in [1.82, 2.24) is 10.2 Å². The molecule has 0 bridgehead atoms. The first-order valence-corrected chi connectivity index (χ1v) is 13.9. The second-order valence-electron chi connectivity index (χ2n) is 9.28. The van der Waals surface area contributed by atoms with Gasteiger partial charge < -0.3 is 15.0 Å². The number of nitrogens with zero attached hydrogens (tertiary/aromatic N) is 2. The smallest absolute Gasteiger partial charge is 0.244 e. The Morgan fingerprint density at radius 3 is 2.09 bits per heavy atom. The lowest BCUT2D eigenvalue weighted by molar-refractivity contribution is -0.141. The van der Waals surface area contributed by atoms with Crippen LogP contribution >= 0.6 is 15.9 Å². The van der Waals surface area contributed by atoms with E-state index in [0.717, 1.165) is 20.6 Å². The zero-order valence-corrected chi connectivity index (χ0v) is 23.4. The number of hydrogen-bond acceptors (Lipinski definition) is 5. The lowest BCUT2D eigenvalue weighted by Gasteiger charge is -2.34. The van der Waals surface area contributed by atoms with E-state index < -0.39 is 34.1 Å². The van der Waals surface area contributed by atoms with Crippen LogP contribution in [0.3, 0.4) is 0 Å². The molecule has 0 aliphatic heterocycles. The van der Waals surface area contributed by atoms with Gasteiger partial charge in [-0.3, -0.25) is 13.9 Å². The number of hydrogen-bond donors (Lipinski definition) is 1. The molecule has 1 atom stereocenters. The van der Waals surface area contributed by atoms with Gasteiger partial charge in [-0.1, -0.05) is 35.0 Å². The molecule has 2 aromatic carbocycles. The summed E-state index contributed by atoms with van der Waals surface area (Å²) in [5, 5.41) is 2.94. The molecule has 0 aromatic heterocycles. The summed E-state index contributed by atoms with van der Waals surface area (Å²) in [4.78, 5) is 28.2. The molecule has 8 nitrogen and oxygen atoms in total. The number of carbonyl (C=O) groups is 2. The SMILES string of the molecule is CCC(C(=O)NC(C)(C)C)N(Cc1ccc(OC)cc1)C(=O)CN(c1ccc(Br)cc1)S(C)(=O)=O. The molecule has 0 aliphatic rings. The van der Waals surface area contributed by atoms with Crippen molar-refractivity contribution < 1.29 is 22.7 Å². The van der Waals surface area contributed by atoms with Crippen LogP contribution in [0.25, 0.3) is 0 Å². The Bertz CT molecular complexity index is 1110. The van der Waals surface area contributed by atoms with E-state index >= 15 is 0 Å². The highest BCUT2D eigenvalue weighted by atomic mass is 79.9. The standard InChI is InChI=1S/C25H34BrN3O5S/c1-7-22(24(31)27-25(2,3)4)28(16-18-8-14-21(34-5)15-9-18)23(30)17-29(35(6,32)33)20-12-10-19(26)11-13-20/h8-15,22H,7,16-17H2,1-6H3,(H,27,31). The molecule has 0 saturated heterocycles. The summed E-state index contributed by atoms with van der Waals surface area (Å²) in [5.41, 5.74) is 0.659. The maximum absolute atomic E-state index is 13.6. The second kappa shape index (κ2) is 11.9. The number of benzene rings is 2. The van der Waals surface area contributed by atoms with Crippen LogP contribution in [0.1, 0.15) is 39.7 Å². The van der Waals surface area contributed by atoms with E-state index in [0.29, 0.717) is 17.9 Å². The number of halogens is 1. The average molecular weight is 569 g/mol. The normalized spacial score (nSPS) is 12.5. The Labute approximate surface area is 216 Å². The monoisotopic (exact) mass is 567 g/mol. The van der Waals surface area contributed by atoms with E-state index in [1.54, 1.807) is 43.5 Å². The van der Waals surface area contributed by atoms with Gasteiger partial charge in [0, 0.05) is 16.6 Å². The Kier molecular flexibility index (Phi) is 9.74. The van der Waals surface area contributed by atoms with Crippen LogP contribution in [0.2, 0.25) is 0 Å². The number of anilines is 1. The third-order valence-corrected chi connectivity index (χ3v) is 6.86. The van der Waals surface area contributed by atoms with Gasteiger partial charge in [-0.05, 0) is 69.2 Å². The van der Waals surface area contributed by atoms with Crippen LogP contribution in [-0.2, 0) is 26.2 Å². The van der Waals surface area contributed by atoms with Crippen LogP contribution in [0.4, 0.5) is 5.69 Å². The van der Waals surface area contributed by atoms with Gasteiger partial charge in [0.1, 0.15) is 18.3 Å². The third-order valence-electron chi connectivity index (χ3n) is 5.19. The summed E-state index contributed by atoms with van der Waals surface area (Å²) in [5.74, 6) is -0.107. The van der Waals surface area contributed by atoms with Crippen molar-refractivity contribution in [2.75, 3.05) is 24.2 Å². The summed E-state index contributed by atoms with van der Waals surface area (Å²) < 4.78 is 32.3. The zero-order chi connectivity index (χ0) is 26.4. The van der Waals surface area contributed by atoms with Gasteiger partial charge in [0.05, 0.1) is 19.1 Å². The van der Waals surface area contributed by atoms with E-state index in [2.05, 4.69) is 21.2 Å². The number of amides is 2. The van der Waals surface area contributed by atoms with Crippen LogP contribution in [0, 0.1) is 0 Å². The average Bonchev–Trinajstić information content (AvgIpc) is 2.76. The fraction of sp³-hybridized carbons (Fsp3) is 0.440. The molecule has 0 radical (unpaired) electrons. The van der Waals surface area contributed by atoms with Gasteiger partial charge >= 0.3 is 0 Å². The van der Waals surface area contributed by atoms with E-state index in [-0.39, 0.29) is 12.5 Å². The quantitative estimate of drug-likeness (QED) is 0.469. The maximum atomic E-state index is 13.6. The second-order valence-corrected chi connectivity index (χ2v) is 12.1. The third kappa shape index (κ3) is 8.54. The number of ether oxygens (including phenoxy) is 1. The van der Waals surface area contributed by atoms with Gasteiger partial charge in [0.25, 0.3) is 0 Å². The molecule has 2 aromatic rings. The van der Waals surface area contributed by atoms with Gasteiger partial charge in [0.15, 0.2) is 0 Å². The topological polar surface area (TPSA) is 96.0 Å². The van der Waals surface area contributed by atoms with Gasteiger partial charge in [-0.25, -0.2) is 8.42 Å². The fourth-order valence-electron chi connectivity index (χ4n) is 3.52. The highest BCUT2D eigenvalue weighted by Gasteiger charge is 2.33. The lowest BCUT2D eigenvalue weighted by atomic mass is 10.1. The van der Waals surface area contributed by atoms with Crippen molar-refractivity contribution >= 4 is 43.5 Å².